The number of halogens is 4. The van der Waals surface area contributed by atoms with Gasteiger partial charge in [0.15, 0.2) is 0 Å². The number of fused-ring (bicyclic) bond motifs is 1. The van der Waals surface area contributed by atoms with E-state index in [2.05, 4.69) is 21.0 Å². The Morgan fingerprint density at radius 1 is 1.12 bits per heavy atom. The zero-order valence-corrected chi connectivity index (χ0v) is 14.7. The molecule has 1 aromatic rings. The molecule has 1 aliphatic carbocycles. The van der Waals surface area contributed by atoms with Gasteiger partial charge >= 0.3 is 6.61 Å². The van der Waals surface area contributed by atoms with E-state index in [9.17, 15) is 17.6 Å². The zero-order valence-electron chi connectivity index (χ0n) is 14.7. The zero-order chi connectivity index (χ0) is 18.7. The van der Waals surface area contributed by atoms with E-state index in [4.69, 9.17) is 0 Å². The van der Waals surface area contributed by atoms with Crippen molar-refractivity contribution < 1.29 is 22.3 Å². The van der Waals surface area contributed by atoms with Gasteiger partial charge in [0.05, 0.1) is 6.04 Å². The van der Waals surface area contributed by atoms with Crippen molar-refractivity contribution in [3.63, 3.8) is 0 Å². The van der Waals surface area contributed by atoms with Gasteiger partial charge in [-0.3, -0.25) is 0 Å². The number of ether oxygens (including phenoxy) is 1. The number of hydrogen-bond donors (Lipinski definition) is 1. The van der Waals surface area contributed by atoms with Crippen LogP contribution < -0.4 is 15.0 Å². The molecule has 3 rings (SSSR count). The van der Waals surface area contributed by atoms with Crippen LogP contribution >= 0.6 is 0 Å². The van der Waals surface area contributed by atoms with Crippen LogP contribution in [-0.4, -0.2) is 37.7 Å². The smallest absolute Gasteiger partial charge is 0.387 e. The van der Waals surface area contributed by atoms with Crippen LogP contribution in [-0.2, 0) is 0 Å². The van der Waals surface area contributed by atoms with Crippen LogP contribution in [0.15, 0.2) is 24.3 Å². The molecule has 7 heteroatoms. The number of anilines is 1. The predicted octanol–water partition coefficient (Wildman–Crippen LogP) is 4.68. The first-order valence-corrected chi connectivity index (χ1v) is 9.00. The molecule has 1 N–H and O–H groups in total. The number of alkyl halides is 4. The molecule has 144 valence electrons. The number of rotatable bonds is 6. The lowest BCUT2D eigenvalue weighted by Gasteiger charge is -2.40. The van der Waals surface area contributed by atoms with Crippen LogP contribution in [0.3, 0.4) is 0 Å². The van der Waals surface area contributed by atoms with Crippen LogP contribution in [0.5, 0.6) is 5.75 Å². The second kappa shape index (κ2) is 8.29. The SMILES string of the molecule is CC(NC1CCC(N2CC=Cc3ccc(OC(F)F)cc32)CC1)C(F)F. The van der Waals surface area contributed by atoms with E-state index < -0.39 is 19.1 Å². The van der Waals surface area contributed by atoms with E-state index in [-0.39, 0.29) is 17.8 Å². The second-order valence-electron chi connectivity index (χ2n) is 6.95. The summed E-state index contributed by atoms with van der Waals surface area (Å²) in [6.07, 6.45) is 5.07. The van der Waals surface area contributed by atoms with Gasteiger partial charge in [-0.2, -0.15) is 8.78 Å². The topological polar surface area (TPSA) is 24.5 Å². The van der Waals surface area contributed by atoms with Gasteiger partial charge in [-0.1, -0.05) is 12.2 Å². The third kappa shape index (κ3) is 4.50. The summed E-state index contributed by atoms with van der Waals surface area (Å²) in [4.78, 5) is 2.21. The van der Waals surface area contributed by atoms with Gasteiger partial charge < -0.3 is 15.0 Å². The van der Waals surface area contributed by atoms with E-state index in [1.165, 1.54) is 6.92 Å². The number of benzene rings is 1. The fourth-order valence-corrected chi connectivity index (χ4v) is 3.83. The summed E-state index contributed by atoms with van der Waals surface area (Å²) in [5, 5.41) is 3.01. The van der Waals surface area contributed by atoms with Crippen molar-refractivity contribution in [2.24, 2.45) is 0 Å². The highest BCUT2D eigenvalue weighted by molar-refractivity contribution is 5.73. The largest absolute Gasteiger partial charge is 0.435 e. The average molecular weight is 372 g/mol. The summed E-state index contributed by atoms with van der Waals surface area (Å²) >= 11 is 0. The molecule has 0 aromatic heterocycles. The van der Waals surface area contributed by atoms with Gasteiger partial charge in [-0.25, -0.2) is 8.78 Å². The molecule has 1 saturated carbocycles. The molecular formula is C19H24F4N2O. The Balaban J connectivity index is 1.65. The Labute approximate surface area is 151 Å². The van der Waals surface area contributed by atoms with E-state index >= 15 is 0 Å². The summed E-state index contributed by atoms with van der Waals surface area (Å²) in [7, 11) is 0. The van der Waals surface area contributed by atoms with Gasteiger partial charge in [-0.05, 0) is 50.3 Å². The molecule has 1 aliphatic heterocycles. The number of hydrogen-bond acceptors (Lipinski definition) is 3. The van der Waals surface area contributed by atoms with Crippen molar-refractivity contribution in [1.29, 1.82) is 0 Å². The molecular weight excluding hydrogens is 348 g/mol. The van der Waals surface area contributed by atoms with Gasteiger partial charge in [-0.15, -0.1) is 0 Å². The van der Waals surface area contributed by atoms with Crippen molar-refractivity contribution >= 4 is 11.8 Å². The molecule has 1 atom stereocenters. The van der Waals surface area contributed by atoms with Gasteiger partial charge in [0.1, 0.15) is 5.75 Å². The monoisotopic (exact) mass is 372 g/mol. The summed E-state index contributed by atoms with van der Waals surface area (Å²) in [5.74, 6) is 0.153. The molecule has 0 radical (unpaired) electrons. The molecule has 1 fully saturated rings. The highest BCUT2D eigenvalue weighted by atomic mass is 19.3. The fraction of sp³-hybridized carbons (Fsp3) is 0.579. The molecule has 1 heterocycles. The number of nitrogens with one attached hydrogen (secondary N) is 1. The summed E-state index contributed by atoms with van der Waals surface area (Å²) < 4.78 is 54.9. The van der Waals surface area contributed by atoms with Crippen molar-refractivity contribution in [2.75, 3.05) is 11.4 Å². The Hall–Kier alpha value is -1.76. The molecule has 3 nitrogen and oxygen atoms in total. The molecule has 0 bridgehead atoms. The lowest BCUT2D eigenvalue weighted by atomic mass is 9.88. The number of nitrogens with zero attached hydrogens (tertiary/aromatic N) is 1. The normalized spacial score (nSPS) is 24.0. The first-order valence-electron chi connectivity index (χ1n) is 9.00. The lowest BCUT2D eigenvalue weighted by Crippen LogP contribution is -2.46. The Bertz CT molecular complexity index is 630. The lowest BCUT2D eigenvalue weighted by molar-refractivity contribution is -0.0498. The maximum absolute atomic E-state index is 12.7. The maximum Gasteiger partial charge on any atom is 0.387 e. The highest BCUT2D eigenvalue weighted by Gasteiger charge is 2.29. The summed E-state index contributed by atoms with van der Waals surface area (Å²) in [5.41, 5.74) is 1.87. The standard InChI is InChI=1S/C19H24F4N2O/c1-12(18(20)21)24-14-5-7-15(8-6-14)25-10-2-3-13-4-9-16(11-17(13)25)26-19(22)23/h2-4,9,11-12,14-15,18-19,24H,5-8,10H2,1H3. The van der Waals surface area contributed by atoms with Crippen molar-refractivity contribution in [1.82, 2.24) is 5.32 Å². The van der Waals surface area contributed by atoms with Crippen LogP contribution in [0.4, 0.5) is 23.2 Å². The van der Waals surface area contributed by atoms with E-state index in [0.29, 0.717) is 6.54 Å². The Morgan fingerprint density at radius 3 is 2.50 bits per heavy atom. The second-order valence-corrected chi connectivity index (χ2v) is 6.95. The van der Waals surface area contributed by atoms with Crippen molar-refractivity contribution in [3.05, 3.63) is 29.8 Å². The molecule has 0 spiro atoms. The van der Waals surface area contributed by atoms with Crippen LogP contribution in [0.25, 0.3) is 6.08 Å². The quantitative estimate of drug-likeness (QED) is 0.734. The fourth-order valence-electron chi connectivity index (χ4n) is 3.83. The minimum atomic E-state index is -2.85. The van der Waals surface area contributed by atoms with Crippen LogP contribution in [0.2, 0.25) is 0 Å². The third-order valence-corrected chi connectivity index (χ3v) is 5.15. The summed E-state index contributed by atoms with van der Waals surface area (Å²) in [6, 6.07) is 4.56. The third-order valence-electron chi connectivity index (χ3n) is 5.15. The molecule has 26 heavy (non-hydrogen) atoms. The van der Waals surface area contributed by atoms with E-state index in [1.807, 2.05) is 6.08 Å². The van der Waals surface area contributed by atoms with Crippen LogP contribution in [0, 0.1) is 0 Å². The Kier molecular flexibility index (Phi) is 6.06. The van der Waals surface area contributed by atoms with Gasteiger partial charge in [0, 0.05) is 30.4 Å². The molecule has 1 unspecified atom stereocenters. The Morgan fingerprint density at radius 2 is 1.85 bits per heavy atom. The minimum Gasteiger partial charge on any atom is -0.435 e. The first-order chi connectivity index (χ1) is 12.4. The minimum absolute atomic E-state index is 0.101. The van der Waals surface area contributed by atoms with Gasteiger partial charge in [0.2, 0.25) is 0 Å². The molecule has 0 saturated heterocycles. The van der Waals surface area contributed by atoms with Gasteiger partial charge in [0.25, 0.3) is 6.43 Å². The average Bonchev–Trinajstić information content (AvgIpc) is 2.61. The first kappa shape index (κ1) is 19.0. The van der Waals surface area contributed by atoms with Crippen molar-refractivity contribution in [3.8, 4) is 5.75 Å². The highest BCUT2D eigenvalue weighted by Crippen LogP contribution is 2.35. The van der Waals surface area contributed by atoms with E-state index in [0.717, 1.165) is 36.9 Å². The molecule has 0 amide bonds. The predicted molar refractivity (Wildman–Crippen MR) is 94.1 cm³/mol. The van der Waals surface area contributed by atoms with Crippen LogP contribution in [0.1, 0.15) is 38.2 Å². The summed E-state index contributed by atoms with van der Waals surface area (Å²) in [6.45, 7) is -0.632. The molecule has 2 aliphatic rings. The molecule has 1 aromatic carbocycles. The van der Waals surface area contributed by atoms with E-state index in [1.54, 1.807) is 18.2 Å². The maximum atomic E-state index is 12.7. The van der Waals surface area contributed by atoms with Crippen molar-refractivity contribution in [2.45, 2.75) is 63.8 Å².